The third-order valence-electron chi connectivity index (χ3n) is 3.47. The second-order valence-corrected chi connectivity index (χ2v) is 5.14. The smallest absolute Gasteiger partial charge is 0.320 e. The highest BCUT2D eigenvalue weighted by Gasteiger charge is 2.30. The molecule has 1 aliphatic rings. The van der Waals surface area contributed by atoms with E-state index in [9.17, 15) is 9.59 Å². The molecule has 0 radical (unpaired) electrons. The molecular weight excluding hydrogens is 272 g/mol. The average Bonchev–Trinajstić information content (AvgIpc) is 2.47. The van der Waals surface area contributed by atoms with Crippen LogP contribution in [0.4, 0.5) is 4.79 Å². The second kappa shape index (κ2) is 7.08. The number of aliphatic carboxylic acids is 1. The Morgan fingerprint density at radius 3 is 2.76 bits per heavy atom. The minimum Gasteiger partial charge on any atom is -0.481 e. The van der Waals surface area contributed by atoms with Gasteiger partial charge in [-0.3, -0.25) is 4.79 Å². The van der Waals surface area contributed by atoms with Crippen molar-refractivity contribution in [1.29, 1.82) is 0 Å². The van der Waals surface area contributed by atoms with Crippen LogP contribution in [0, 0.1) is 0 Å². The third kappa shape index (κ3) is 4.19. The van der Waals surface area contributed by atoms with Crippen LogP contribution < -0.4 is 0 Å². The Morgan fingerprint density at radius 1 is 1.38 bits per heavy atom. The molecule has 0 aliphatic carbocycles. The molecule has 114 valence electrons. The van der Waals surface area contributed by atoms with Gasteiger partial charge in [0.15, 0.2) is 0 Å². The first kappa shape index (κ1) is 15.3. The molecule has 0 bridgehead atoms. The number of benzene rings is 1. The van der Waals surface area contributed by atoms with E-state index in [2.05, 4.69) is 0 Å². The van der Waals surface area contributed by atoms with Gasteiger partial charge in [0.1, 0.15) is 0 Å². The summed E-state index contributed by atoms with van der Waals surface area (Å²) >= 11 is 0. The van der Waals surface area contributed by atoms with Gasteiger partial charge in [0.2, 0.25) is 0 Å². The Kier molecular flexibility index (Phi) is 5.16. The zero-order valence-corrected chi connectivity index (χ0v) is 12.1. The first-order valence-electron chi connectivity index (χ1n) is 6.93. The Morgan fingerprint density at radius 2 is 2.10 bits per heavy atom. The molecule has 2 amide bonds. The number of carbonyl (C=O) groups is 2. The van der Waals surface area contributed by atoms with Crippen molar-refractivity contribution in [2.45, 2.75) is 19.0 Å². The number of hydrogen-bond donors (Lipinski definition) is 1. The fourth-order valence-corrected chi connectivity index (χ4v) is 2.42. The summed E-state index contributed by atoms with van der Waals surface area (Å²) < 4.78 is 5.29. The normalized spacial score (nSPS) is 18.3. The summed E-state index contributed by atoms with van der Waals surface area (Å²) in [6, 6.07) is 9.13. The van der Waals surface area contributed by atoms with Crippen molar-refractivity contribution in [3.8, 4) is 0 Å². The maximum Gasteiger partial charge on any atom is 0.320 e. The molecule has 0 spiro atoms. The first-order chi connectivity index (χ1) is 10.1. The minimum absolute atomic E-state index is 0.0923. The van der Waals surface area contributed by atoms with Crippen molar-refractivity contribution in [2.75, 3.05) is 26.8 Å². The van der Waals surface area contributed by atoms with Gasteiger partial charge in [0.05, 0.1) is 25.7 Å². The number of hydrogen-bond acceptors (Lipinski definition) is 3. The first-order valence-corrected chi connectivity index (χ1v) is 6.93. The van der Waals surface area contributed by atoms with Crippen LogP contribution in [0.2, 0.25) is 0 Å². The van der Waals surface area contributed by atoms with Crippen LogP contribution in [-0.4, -0.2) is 59.8 Å². The molecule has 1 unspecified atom stereocenters. The van der Waals surface area contributed by atoms with Gasteiger partial charge in [-0.25, -0.2) is 4.79 Å². The Hall–Kier alpha value is -2.08. The number of carboxylic acid groups (broad SMARTS) is 1. The van der Waals surface area contributed by atoms with Crippen molar-refractivity contribution in [2.24, 2.45) is 0 Å². The molecule has 0 saturated carbocycles. The average molecular weight is 292 g/mol. The van der Waals surface area contributed by atoms with E-state index in [-0.39, 0.29) is 19.1 Å². The van der Waals surface area contributed by atoms with E-state index in [0.29, 0.717) is 19.7 Å². The summed E-state index contributed by atoms with van der Waals surface area (Å²) in [5.41, 5.74) is 1.04. The fraction of sp³-hybridized carbons (Fsp3) is 0.467. The summed E-state index contributed by atoms with van der Waals surface area (Å²) in [4.78, 5) is 26.6. The third-order valence-corrected chi connectivity index (χ3v) is 3.47. The van der Waals surface area contributed by atoms with Crippen molar-refractivity contribution in [3.05, 3.63) is 35.9 Å². The number of ether oxygens (including phenoxy) is 1. The number of amides is 2. The highest BCUT2D eigenvalue weighted by molar-refractivity contribution is 5.76. The molecule has 1 atom stereocenters. The lowest BCUT2D eigenvalue weighted by Crippen LogP contribution is -2.53. The lowest BCUT2D eigenvalue weighted by atomic mass is 10.1. The number of morpholine rings is 1. The molecule has 1 fully saturated rings. The van der Waals surface area contributed by atoms with E-state index >= 15 is 0 Å². The summed E-state index contributed by atoms with van der Waals surface area (Å²) in [6.45, 7) is 1.64. The van der Waals surface area contributed by atoms with Gasteiger partial charge in [-0.1, -0.05) is 30.3 Å². The molecule has 1 saturated heterocycles. The molecular formula is C15H20N2O4. The maximum absolute atomic E-state index is 12.5. The Bertz CT molecular complexity index is 492. The van der Waals surface area contributed by atoms with Crippen molar-refractivity contribution >= 4 is 12.0 Å². The summed E-state index contributed by atoms with van der Waals surface area (Å²) in [7, 11) is 1.72. The highest BCUT2D eigenvalue weighted by Crippen LogP contribution is 2.14. The lowest BCUT2D eigenvalue weighted by Gasteiger charge is -2.37. The van der Waals surface area contributed by atoms with Gasteiger partial charge >= 0.3 is 12.0 Å². The van der Waals surface area contributed by atoms with Crippen LogP contribution in [0.5, 0.6) is 0 Å². The molecule has 1 aliphatic heterocycles. The van der Waals surface area contributed by atoms with Crippen LogP contribution in [0.15, 0.2) is 30.3 Å². The molecule has 6 nitrogen and oxygen atoms in total. The number of carbonyl (C=O) groups excluding carboxylic acids is 1. The monoisotopic (exact) mass is 292 g/mol. The van der Waals surface area contributed by atoms with Gasteiger partial charge in [-0.2, -0.15) is 0 Å². The Balaban J connectivity index is 2.00. The molecule has 6 heteroatoms. The molecule has 1 aromatic rings. The van der Waals surface area contributed by atoms with Gasteiger partial charge in [-0.15, -0.1) is 0 Å². The van der Waals surface area contributed by atoms with E-state index in [4.69, 9.17) is 9.84 Å². The quantitative estimate of drug-likeness (QED) is 0.911. The molecule has 1 N–H and O–H groups in total. The van der Waals surface area contributed by atoms with E-state index < -0.39 is 12.0 Å². The highest BCUT2D eigenvalue weighted by atomic mass is 16.5. The van der Waals surface area contributed by atoms with Crippen LogP contribution in [0.25, 0.3) is 0 Å². The number of urea groups is 1. The summed E-state index contributed by atoms with van der Waals surface area (Å²) in [5, 5.41) is 8.93. The zero-order valence-electron chi connectivity index (χ0n) is 12.1. The largest absolute Gasteiger partial charge is 0.481 e. The Labute approximate surface area is 123 Å². The number of rotatable bonds is 4. The molecule has 1 aromatic carbocycles. The topological polar surface area (TPSA) is 70.1 Å². The van der Waals surface area contributed by atoms with Gasteiger partial charge < -0.3 is 19.6 Å². The number of carboxylic acids is 1. The van der Waals surface area contributed by atoms with Crippen molar-refractivity contribution in [3.63, 3.8) is 0 Å². The summed E-state index contributed by atoms with van der Waals surface area (Å²) in [5.74, 6) is -0.922. The van der Waals surface area contributed by atoms with Crippen LogP contribution >= 0.6 is 0 Å². The molecule has 1 heterocycles. The van der Waals surface area contributed by atoms with Crippen LogP contribution in [-0.2, 0) is 16.1 Å². The van der Waals surface area contributed by atoms with E-state index in [1.165, 1.54) is 0 Å². The van der Waals surface area contributed by atoms with E-state index in [0.717, 1.165) is 5.56 Å². The van der Waals surface area contributed by atoms with Crippen LogP contribution in [0.3, 0.4) is 0 Å². The standard InChI is InChI=1S/C15H20N2O4/c1-16(10-12-5-3-2-4-6-12)15(20)17-7-8-21-11-13(17)9-14(18)19/h2-6,13H,7-11H2,1H3,(H,18,19). The van der Waals surface area contributed by atoms with E-state index in [1.54, 1.807) is 16.8 Å². The maximum atomic E-state index is 12.5. The predicted octanol–water partition coefficient (Wildman–Crippen LogP) is 1.41. The van der Waals surface area contributed by atoms with Crippen LogP contribution in [0.1, 0.15) is 12.0 Å². The lowest BCUT2D eigenvalue weighted by molar-refractivity contribution is -0.139. The van der Waals surface area contributed by atoms with Crippen molar-refractivity contribution in [1.82, 2.24) is 9.80 Å². The van der Waals surface area contributed by atoms with Gasteiger partial charge in [0, 0.05) is 20.1 Å². The molecule has 0 aromatic heterocycles. The zero-order chi connectivity index (χ0) is 15.2. The van der Waals surface area contributed by atoms with Gasteiger partial charge in [0.25, 0.3) is 0 Å². The van der Waals surface area contributed by atoms with Gasteiger partial charge in [-0.05, 0) is 5.56 Å². The number of nitrogens with zero attached hydrogens (tertiary/aromatic N) is 2. The summed E-state index contributed by atoms with van der Waals surface area (Å²) in [6.07, 6.45) is -0.0923. The fourth-order valence-electron chi connectivity index (χ4n) is 2.42. The predicted molar refractivity (Wildman–Crippen MR) is 76.9 cm³/mol. The van der Waals surface area contributed by atoms with E-state index in [1.807, 2.05) is 30.3 Å². The minimum atomic E-state index is -0.922. The molecule has 2 rings (SSSR count). The molecule has 21 heavy (non-hydrogen) atoms. The second-order valence-electron chi connectivity index (χ2n) is 5.14. The van der Waals surface area contributed by atoms with Crippen molar-refractivity contribution < 1.29 is 19.4 Å². The SMILES string of the molecule is CN(Cc1ccccc1)C(=O)N1CCOCC1CC(=O)O.